The summed E-state index contributed by atoms with van der Waals surface area (Å²) in [6, 6.07) is 2.85. The van der Waals surface area contributed by atoms with Crippen LogP contribution in [0.2, 0.25) is 5.02 Å². The van der Waals surface area contributed by atoms with Crippen molar-refractivity contribution in [2.45, 2.75) is 6.54 Å². The molecule has 14 heavy (non-hydrogen) atoms. The quantitative estimate of drug-likeness (QED) is 0.616. The number of nitrogens with zero attached hydrogens (tertiary/aromatic N) is 1. The van der Waals surface area contributed by atoms with Crippen LogP contribution in [0.4, 0.5) is 5.69 Å². The summed E-state index contributed by atoms with van der Waals surface area (Å²) in [4.78, 5) is 10.2. The molecule has 0 saturated carbocycles. The van der Waals surface area contributed by atoms with Crippen molar-refractivity contribution in [3.8, 4) is 5.75 Å². The lowest BCUT2D eigenvalue weighted by Crippen LogP contribution is -2.03. The van der Waals surface area contributed by atoms with Gasteiger partial charge in [0.05, 0.1) is 12.0 Å². The van der Waals surface area contributed by atoms with Gasteiger partial charge in [0.2, 0.25) is 0 Å². The second kappa shape index (κ2) is 4.26. The Labute approximate surface area is 85.6 Å². The first-order chi connectivity index (χ1) is 6.60. The van der Waals surface area contributed by atoms with Gasteiger partial charge in [-0.2, -0.15) is 0 Å². The Morgan fingerprint density at radius 3 is 2.71 bits per heavy atom. The van der Waals surface area contributed by atoms with Crippen LogP contribution in [-0.2, 0) is 6.54 Å². The molecule has 0 radical (unpaired) electrons. The number of nitro groups is 1. The predicted octanol–water partition coefficient (Wildman–Crippen LogP) is 1.72. The molecule has 5 nitrogen and oxygen atoms in total. The van der Waals surface area contributed by atoms with E-state index in [4.69, 9.17) is 22.1 Å². The number of nitro benzene ring substituents is 1. The van der Waals surface area contributed by atoms with Gasteiger partial charge >= 0.3 is 5.69 Å². The van der Waals surface area contributed by atoms with Crippen LogP contribution in [0.5, 0.6) is 5.75 Å². The smallest absolute Gasteiger partial charge is 0.315 e. The Kier molecular flexibility index (Phi) is 3.27. The fourth-order valence-electron chi connectivity index (χ4n) is 1.15. The molecule has 0 heterocycles. The largest absolute Gasteiger partial charge is 0.490 e. The minimum Gasteiger partial charge on any atom is -0.490 e. The lowest BCUT2D eigenvalue weighted by molar-refractivity contribution is -0.386. The first-order valence-corrected chi connectivity index (χ1v) is 4.18. The van der Waals surface area contributed by atoms with Crippen LogP contribution in [0.25, 0.3) is 0 Å². The molecule has 1 rings (SSSR count). The second-order valence-corrected chi connectivity index (χ2v) is 3.01. The fourth-order valence-corrected chi connectivity index (χ4v) is 1.38. The van der Waals surface area contributed by atoms with E-state index in [0.29, 0.717) is 10.6 Å². The molecular formula is C8H9ClN2O3. The highest BCUT2D eigenvalue weighted by molar-refractivity contribution is 6.30. The lowest BCUT2D eigenvalue weighted by Gasteiger charge is -2.05. The maximum atomic E-state index is 10.7. The van der Waals surface area contributed by atoms with Crippen molar-refractivity contribution >= 4 is 17.3 Å². The van der Waals surface area contributed by atoms with Gasteiger partial charge in [-0.25, -0.2) is 0 Å². The predicted molar refractivity (Wildman–Crippen MR) is 52.5 cm³/mol. The highest BCUT2D eigenvalue weighted by Gasteiger charge is 2.20. The molecule has 0 atom stereocenters. The highest BCUT2D eigenvalue weighted by atomic mass is 35.5. The molecule has 0 fully saturated rings. The normalized spacial score (nSPS) is 9.93. The summed E-state index contributed by atoms with van der Waals surface area (Å²) in [7, 11) is 1.35. The maximum Gasteiger partial charge on any atom is 0.315 e. The highest BCUT2D eigenvalue weighted by Crippen LogP contribution is 2.33. The molecule has 0 aliphatic heterocycles. The van der Waals surface area contributed by atoms with E-state index < -0.39 is 4.92 Å². The molecule has 0 aliphatic carbocycles. The second-order valence-electron chi connectivity index (χ2n) is 2.58. The van der Waals surface area contributed by atoms with Crippen molar-refractivity contribution in [1.29, 1.82) is 0 Å². The van der Waals surface area contributed by atoms with Crippen LogP contribution in [0.1, 0.15) is 5.56 Å². The summed E-state index contributed by atoms with van der Waals surface area (Å²) < 4.78 is 4.85. The zero-order valence-electron chi connectivity index (χ0n) is 7.49. The third-order valence-electron chi connectivity index (χ3n) is 1.74. The molecule has 0 amide bonds. The Morgan fingerprint density at radius 2 is 2.29 bits per heavy atom. The standard InChI is InChI=1S/C8H9ClN2O3/c1-14-7-3-6(9)2-5(4-10)8(7)11(12)13/h2-3H,4,10H2,1H3. The zero-order valence-corrected chi connectivity index (χ0v) is 8.25. The minimum atomic E-state index is -0.530. The number of hydrogen-bond acceptors (Lipinski definition) is 4. The first-order valence-electron chi connectivity index (χ1n) is 3.81. The molecule has 2 N–H and O–H groups in total. The minimum absolute atomic E-state index is 0.0488. The third-order valence-corrected chi connectivity index (χ3v) is 1.96. The van der Waals surface area contributed by atoms with Gasteiger partial charge in [0.1, 0.15) is 0 Å². The third kappa shape index (κ3) is 1.94. The Hall–Kier alpha value is -1.33. The molecule has 0 bridgehead atoms. The Balaban J connectivity index is 3.40. The van der Waals surface area contributed by atoms with Crippen LogP contribution in [-0.4, -0.2) is 12.0 Å². The Bertz CT molecular complexity index is 343. The molecule has 0 unspecified atom stereocenters. The molecule has 1 aromatic rings. The summed E-state index contributed by atoms with van der Waals surface area (Å²) in [5.74, 6) is 0.128. The average molecular weight is 217 g/mol. The SMILES string of the molecule is COc1cc(Cl)cc(CN)c1[N+](=O)[O-]. The van der Waals surface area contributed by atoms with Crippen LogP contribution in [0.15, 0.2) is 12.1 Å². The molecule has 0 aliphatic rings. The zero-order chi connectivity index (χ0) is 10.7. The van der Waals surface area contributed by atoms with E-state index in [1.165, 1.54) is 19.2 Å². The maximum absolute atomic E-state index is 10.7. The van der Waals surface area contributed by atoms with Crippen LogP contribution in [0.3, 0.4) is 0 Å². The van der Waals surface area contributed by atoms with Gasteiger partial charge in [0, 0.05) is 23.2 Å². The van der Waals surface area contributed by atoms with Crippen molar-refractivity contribution in [3.05, 3.63) is 32.8 Å². The monoisotopic (exact) mass is 216 g/mol. The van der Waals surface area contributed by atoms with E-state index in [1.54, 1.807) is 0 Å². The van der Waals surface area contributed by atoms with Gasteiger partial charge in [0.25, 0.3) is 0 Å². The van der Waals surface area contributed by atoms with E-state index in [0.717, 1.165) is 0 Å². The molecule has 0 aromatic heterocycles. The molecule has 1 aromatic carbocycles. The number of nitrogens with two attached hydrogens (primary N) is 1. The topological polar surface area (TPSA) is 78.4 Å². The van der Waals surface area contributed by atoms with Crippen LogP contribution in [0, 0.1) is 10.1 Å². The molecule has 76 valence electrons. The van der Waals surface area contributed by atoms with Gasteiger partial charge < -0.3 is 10.5 Å². The molecular weight excluding hydrogens is 208 g/mol. The van der Waals surface area contributed by atoms with Crippen molar-refractivity contribution in [1.82, 2.24) is 0 Å². The molecule has 6 heteroatoms. The van der Waals surface area contributed by atoms with E-state index in [2.05, 4.69) is 0 Å². The lowest BCUT2D eigenvalue weighted by atomic mass is 10.1. The number of methoxy groups -OCH3 is 1. The summed E-state index contributed by atoms with van der Waals surface area (Å²) in [6.07, 6.45) is 0. The number of halogens is 1. The average Bonchev–Trinajstić information content (AvgIpc) is 2.15. The molecule has 0 spiro atoms. The van der Waals surface area contributed by atoms with E-state index in [1.807, 2.05) is 0 Å². The molecule has 0 saturated heterocycles. The van der Waals surface area contributed by atoms with Crippen LogP contribution < -0.4 is 10.5 Å². The van der Waals surface area contributed by atoms with Gasteiger partial charge in [-0.05, 0) is 6.07 Å². The Morgan fingerprint density at radius 1 is 1.64 bits per heavy atom. The van der Waals surface area contributed by atoms with Crippen molar-refractivity contribution < 1.29 is 9.66 Å². The van der Waals surface area contributed by atoms with Gasteiger partial charge in [0.15, 0.2) is 5.75 Å². The van der Waals surface area contributed by atoms with E-state index in [9.17, 15) is 10.1 Å². The van der Waals surface area contributed by atoms with Crippen molar-refractivity contribution in [3.63, 3.8) is 0 Å². The van der Waals surface area contributed by atoms with Gasteiger partial charge in [-0.3, -0.25) is 10.1 Å². The van der Waals surface area contributed by atoms with Crippen molar-refractivity contribution in [2.75, 3.05) is 7.11 Å². The number of ether oxygens (including phenoxy) is 1. The summed E-state index contributed by atoms with van der Waals surface area (Å²) in [5.41, 5.74) is 5.60. The number of hydrogen-bond donors (Lipinski definition) is 1. The number of rotatable bonds is 3. The van der Waals surface area contributed by atoms with Gasteiger partial charge in [-0.15, -0.1) is 0 Å². The summed E-state index contributed by atoms with van der Waals surface area (Å²) in [5, 5.41) is 11.1. The van der Waals surface area contributed by atoms with Crippen LogP contribution >= 0.6 is 11.6 Å². The van der Waals surface area contributed by atoms with E-state index >= 15 is 0 Å². The van der Waals surface area contributed by atoms with Gasteiger partial charge in [-0.1, -0.05) is 11.6 Å². The summed E-state index contributed by atoms with van der Waals surface area (Å²) in [6.45, 7) is 0.0488. The fraction of sp³-hybridized carbons (Fsp3) is 0.250. The first kappa shape index (κ1) is 10.7. The van der Waals surface area contributed by atoms with Crippen molar-refractivity contribution in [2.24, 2.45) is 5.73 Å². The van der Waals surface area contributed by atoms with E-state index in [-0.39, 0.29) is 18.0 Å². The summed E-state index contributed by atoms with van der Waals surface area (Å²) >= 11 is 5.73. The number of benzene rings is 1.